The van der Waals surface area contributed by atoms with E-state index in [4.69, 9.17) is 9.47 Å². The van der Waals surface area contributed by atoms with Crippen LogP contribution in [0.25, 0.3) is 0 Å². The van der Waals surface area contributed by atoms with Crippen LogP contribution in [0.5, 0.6) is 11.5 Å². The summed E-state index contributed by atoms with van der Waals surface area (Å²) < 4.78 is 14.9. The molecule has 0 fully saturated rings. The summed E-state index contributed by atoms with van der Waals surface area (Å²) in [6.07, 6.45) is -3.20. The molecule has 2 unspecified atom stereocenters. The first kappa shape index (κ1) is 15.3. The lowest BCUT2D eigenvalue weighted by Crippen LogP contribution is -2.30. The Balaban J connectivity index is 3.10. The molecule has 0 amide bonds. The first-order valence-corrected chi connectivity index (χ1v) is 5.80. The van der Waals surface area contributed by atoms with E-state index in [2.05, 4.69) is 4.74 Å². The van der Waals surface area contributed by atoms with Gasteiger partial charge in [0.15, 0.2) is 6.10 Å². The first-order chi connectivity index (χ1) is 9.06. The minimum absolute atomic E-state index is 0.117. The number of aliphatic hydroxyl groups is 2. The summed E-state index contributed by atoms with van der Waals surface area (Å²) in [5.74, 6) is -0.270. The number of hydrogen-bond donors (Lipinski definition) is 2. The van der Waals surface area contributed by atoms with Crippen molar-refractivity contribution in [3.8, 4) is 11.5 Å². The van der Waals surface area contributed by atoms with Crippen LogP contribution in [0.2, 0.25) is 0 Å². The molecule has 0 heterocycles. The van der Waals surface area contributed by atoms with Crippen molar-refractivity contribution in [1.29, 1.82) is 0 Å². The fourth-order valence-electron chi connectivity index (χ4n) is 1.69. The Bertz CT molecular complexity index is 409. The van der Waals surface area contributed by atoms with Crippen LogP contribution in [0.3, 0.4) is 0 Å². The molecular formula is C13H18O6. The van der Waals surface area contributed by atoms with Crippen molar-refractivity contribution in [2.24, 2.45) is 0 Å². The van der Waals surface area contributed by atoms with Crippen LogP contribution in [0.1, 0.15) is 18.6 Å². The average Bonchev–Trinajstić information content (AvgIpc) is 2.44. The molecule has 0 aliphatic carbocycles. The van der Waals surface area contributed by atoms with Crippen LogP contribution in [0.4, 0.5) is 0 Å². The quantitative estimate of drug-likeness (QED) is 0.739. The lowest BCUT2D eigenvalue weighted by Gasteiger charge is -2.21. The SMILES string of the molecule is CCOC(=O)C(O)C(O)c1c(OC)cccc1OC. The van der Waals surface area contributed by atoms with Crippen LogP contribution in [-0.4, -0.2) is 43.1 Å². The highest BCUT2D eigenvalue weighted by Gasteiger charge is 2.31. The Morgan fingerprint density at radius 3 is 2.16 bits per heavy atom. The zero-order valence-corrected chi connectivity index (χ0v) is 11.1. The molecule has 1 aromatic carbocycles. The zero-order chi connectivity index (χ0) is 14.4. The molecule has 19 heavy (non-hydrogen) atoms. The van der Waals surface area contributed by atoms with Gasteiger partial charge < -0.3 is 24.4 Å². The van der Waals surface area contributed by atoms with E-state index in [-0.39, 0.29) is 12.2 Å². The number of carbonyl (C=O) groups excluding carboxylic acids is 1. The third-order valence-electron chi connectivity index (χ3n) is 2.59. The fraction of sp³-hybridized carbons (Fsp3) is 0.462. The average molecular weight is 270 g/mol. The molecular weight excluding hydrogens is 252 g/mol. The van der Waals surface area contributed by atoms with Gasteiger partial charge in [-0.1, -0.05) is 6.07 Å². The molecule has 0 saturated carbocycles. The third-order valence-corrected chi connectivity index (χ3v) is 2.59. The maximum atomic E-state index is 11.4. The van der Waals surface area contributed by atoms with Crippen molar-refractivity contribution in [3.63, 3.8) is 0 Å². The van der Waals surface area contributed by atoms with Gasteiger partial charge in [0.2, 0.25) is 0 Å². The molecule has 0 radical (unpaired) electrons. The molecule has 1 aromatic rings. The van der Waals surface area contributed by atoms with E-state index in [0.717, 1.165) is 0 Å². The van der Waals surface area contributed by atoms with Crippen molar-refractivity contribution < 1.29 is 29.2 Å². The van der Waals surface area contributed by atoms with Crippen LogP contribution >= 0.6 is 0 Å². The molecule has 0 aliphatic rings. The number of carbonyl (C=O) groups is 1. The molecule has 0 aromatic heterocycles. The highest BCUT2D eigenvalue weighted by atomic mass is 16.5. The van der Waals surface area contributed by atoms with E-state index >= 15 is 0 Å². The van der Waals surface area contributed by atoms with E-state index in [1.54, 1.807) is 25.1 Å². The molecule has 106 valence electrons. The van der Waals surface area contributed by atoms with E-state index in [1.165, 1.54) is 14.2 Å². The Morgan fingerprint density at radius 2 is 1.74 bits per heavy atom. The van der Waals surface area contributed by atoms with E-state index < -0.39 is 18.2 Å². The van der Waals surface area contributed by atoms with Crippen molar-refractivity contribution in [1.82, 2.24) is 0 Å². The highest BCUT2D eigenvalue weighted by molar-refractivity contribution is 5.76. The Hall–Kier alpha value is -1.79. The van der Waals surface area contributed by atoms with Crippen molar-refractivity contribution >= 4 is 5.97 Å². The molecule has 0 saturated heterocycles. The number of benzene rings is 1. The van der Waals surface area contributed by atoms with Gasteiger partial charge >= 0.3 is 5.97 Å². The normalized spacial score (nSPS) is 13.5. The van der Waals surface area contributed by atoms with Crippen molar-refractivity contribution in [2.75, 3.05) is 20.8 Å². The molecule has 0 aliphatic heterocycles. The Labute approximate surface area is 111 Å². The number of aliphatic hydroxyl groups excluding tert-OH is 2. The van der Waals surface area contributed by atoms with Crippen molar-refractivity contribution in [3.05, 3.63) is 23.8 Å². The van der Waals surface area contributed by atoms with Gasteiger partial charge in [-0.25, -0.2) is 4.79 Å². The first-order valence-electron chi connectivity index (χ1n) is 5.80. The molecule has 2 atom stereocenters. The van der Waals surface area contributed by atoms with Gasteiger partial charge in [-0.15, -0.1) is 0 Å². The standard InChI is InChI=1S/C13H18O6/c1-4-19-13(16)12(15)11(14)10-8(17-2)6-5-7-9(10)18-3/h5-7,11-12,14-15H,4H2,1-3H3. The molecule has 2 N–H and O–H groups in total. The summed E-state index contributed by atoms with van der Waals surface area (Å²) in [6.45, 7) is 1.73. The number of ether oxygens (including phenoxy) is 3. The number of rotatable bonds is 6. The zero-order valence-electron chi connectivity index (χ0n) is 11.1. The summed E-state index contributed by atoms with van der Waals surface area (Å²) in [4.78, 5) is 11.4. The minimum Gasteiger partial charge on any atom is -0.496 e. The van der Waals surface area contributed by atoms with Gasteiger partial charge in [0.05, 0.1) is 26.4 Å². The third kappa shape index (κ3) is 3.36. The lowest BCUT2D eigenvalue weighted by atomic mass is 10.0. The van der Waals surface area contributed by atoms with Crippen LogP contribution < -0.4 is 9.47 Å². The fourth-order valence-corrected chi connectivity index (χ4v) is 1.69. The Kier molecular flexibility index (Phi) is 5.59. The lowest BCUT2D eigenvalue weighted by molar-refractivity contribution is -0.159. The van der Waals surface area contributed by atoms with Gasteiger partial charge in [-0.05, 0) is 19.1 Å². The van der Waals surface area contributed by atoms with Gasteiger partial charge in [0.25, 0.3) is 0 Å². The predicted molar refractivity (Wildman–Crippen MR) is 67.1 cm³/mol. The molecule has 1 rings (SSSR count). The topological polar surface area (TPSA) is 85.2 Å². The van der Waals surface area contributed by atoms with Crippen molar-refractivity contribution in [2.45, 2.75) is 19.1 Å². The minimum atomic E-state index is -1.70. The van der Waals surface area contributed by atoms with Gasteiger partial charge in [-0.3, -0.25) is 0 Å². The summed E-state index contributed by atoms with van der Waals surface area (Å²) >= 11 is 0. The van der Waals surface area contributed by atoms with Crippen LogP contribution in [0, 0.1) is 0 Å². The monoisotopic (exact) mass is 270 g/mol. The van der Waals surface area contributed by atoms with Gasteiger partial charge in [0, 0.05) is 0 Å². The summed E-state index contributed by atoms with van der Waals surface area (Å²) in [7, 11) is 2.84. The summed E-state index contributed by atoms with van der Waals surface area (Å²) in [5, 5.41) is 19.9. The largest absolute Gasteiger partial charge is 0.496 e. The van der Waals surface area contributed by atoms with E-state index in [9.17, 15) is 15.0 Å². The van der Waals surface area contributed by atoms with E-state index in [1.807, 2.05) is 0 Å². The molecule has 0 bridgehead atoms. The number of esters is 1. The smallest absolute Gasteiger partial charge is 0.338 e. The second-order valence-electron chi connectivity index (χ2n) is 3.72. The van der Waals surface area contributed by atoms with Crippen LogP contribution in [0.15, 0.2) is 18.2 Å². The molecule has 0 spiro atoms. The highest BCUT2D eigenvalue weighted by Crippen LogP contribution is 2.35. The predicted octanol–water partition coefficient (Wildman–Crippen LogP) is 0.661. The maximum Gasteiger partial charge on any atom is 0.338 e. The maximum absolute atomic E-state index is 11.4. The Morgan fingerprint density at radius 1 is 1.21 bits per heavy atom. The second-order valence-corrected chi connectivity index (χ2v) is 3.72. The molecule has 6 nitrogen and oxygen atoms in total. The summed E-state index contributed by atoms with van der Waals surface area (Å²) in [5.41, 5.74) is 0.202. The number of methoxy groups -OCH3 is 2. The number of hydrogen-bond acceptors (Lipinski definition) is 6. The van der Waals surface area contributed by atoms with Crippen LogP contribution in [-0.2, 0) is 9.53 Å². The van der Waals surface area contributed by atoms with Gasteiger partial charge in [0.1, 0.15) is 17.6 Å². The second kappa shape index (κ2) is 6.96. The molecule has 6 heteroatoms. The summed E-state index contributed by atoms with van der Waals surface area (Å²) in [6, 6.07) is 4.86. The van der Waals surface area contributed by atoms with Gasteiger partial charge in [-0.2, -0.15) is 0 Å². The van der Waals surface area contributed by atoms with E-state index in [0.29, 0.717) is 11.5 Å².